The lowest BCUT2D eigenvalue weighted by molar-refractivity contribution is -0.660. The number of nitrogens with zero attached hydrogens (tertiary/aromatic N) is 3. The first kappa shape index (κ1) is 83.5. The van der Waals surface area contributed by atoms with Crippen molar-refractivity contribution in [3.63, 3.8) is 0 Å². The summed E-state index contributed by atoms with van der Waals surface area (Å²) in [5.41, 5.74) is 38.4. The summed E-state index contributed by atoms with van der Waals surface area (Å²) >= 11 is 0. The maximum Gasteiger partial charge on any atom is 0.212 e. The normalized spacial score (nSPS) is 16.5. The Labute approximate surface area is 749 Å². The van der Waals surface area contributed by atoms with Gasteiger partial charge in [0.2, 0.25) is 17.1 Å². The second kappa shape index (κ2) is 33.1. The summed E-state index contributed by atoms with van der Waals surface area (Å²) < 4.78 is 6.99. The summed E-state index contributed by atoms with van der Waals surface area (Å²) in [5, 5.41) is 13.4. The molecular weight excluding hydrogens is 1570 g/mol. The van der Waals surface area contributed by atoms with Crippen molar-refractivity contribution >= 4 is 73.8 Å². The molecule has 21 rings (SSSR count). The van der Waals surface area contributed by atoms with Crippen molar-refractivity contribution in [2.45, 2.75) is 181 Å². The zero-order chi connectivity index (χ0) is 86.5. The van der Waals surface area contributed by atoms with Crippen molar-refractivity contribution in [3.05, 3.63) is 365 Å². The first-order chi connectivity index (χ1) is 60.4. The molecule has 6 aliphatic rings. The molecule has 15 aromatic rings. The standard InChI is InChI=1S/C43H46NSi.C39H40NSi.C36H38NSi2/c1-31-27-34(33-15-7-4-8-16-33)19-21-36(31)40-28-32(2)37(30-44(40)3)35-20-22-42-39(29-35)43(23-11-5-12-24-43)38-17-9-10-18-41(38)45(42)25-13-6-14-26-45;1-27-23-30(29-13-7-6-8-14-29)17-19-32(27)36-24-28(2)33(26-40(36)3)31-18-20-38-35(25-31)39(21-11-12-22-39)34-15-9-10-16-37(34)41(38,4)5;1-25-21-28(27-13-9-8-10-14-27)17-19-30(25)32-22-26(2)31(24-37(32)3)29-18-20-35-36(23-29)39(6,7)34-16-12-11-15-33(34)38(35,4)5/h4,7-10,15-22,27-30H,5-6,11-14,23-26H2,1-3H3;6-10,13-20,23-26H,11-12,21-22H2,1-5H3;8-24H,1-7H3/q3*+1. The lowest BCUT2D eigenvalue weighted by atomic mass is 9.64. The lowest BCUT2D eigenvalue weighted by Crippen LogP contribution is -2.77. The van der Waals surface area contributed by atoms with Crippen LogP contribution in [0.4, 0.5) is 0 Å². The number of hydrogen-bond acceptors (Lipinski definition) is 0. The topological polar surface area (TPSA) is 11.6 Å². The number of benzene rings is 12. The van der Waals surface area contributed by atoms with Crippen LogP contribution < -0.4 is 55.2 Å². The van der Waals surface area contributed by atoms with Crippen LogP contribution >= 0.6 is 0 Å². The summed E-state index contributed by atoms with van der Waals surface area (Å²) in [6.07, 6.45) is 23.2. The van der Waals surface area contributed by atoms with Gasteiger partial charge in [0.25, 0.3) is 0 Å². The lowest BCUT2D eigenvalue weighted by Gasteiger charge is -2.51. The molecule has 3 nitrogen and oxygen atoms in total. The molecule has 0 unspecified atom stereocenters. The molecule has 7 heterocycles. The Hall–Kier alpha value is -11.0. The minimum Gasteiger partial charge on any atom is -0.200 e. The van der Waals surface area contributed by atoms with Crippen LogP contribution in [0.3, 0.4) is 0 Å². The molecule has 0 radical (unpaired) electrons. The highest BCUT2D eigenvalue weighted by Gasteiger charge is 2.53. The Kier molecular flexibility index (Phi) is 22.1. The number of rotatable bonds is 9. The number of aryl methyl sites for hydroxylation is 9. The molecule has 0 bridgehead atoms. The second-order valence-corrected chi connectivity index (χ2v) is 56.9. The van der Waals surface area contributed by atoms with Crippen LogP contribution in [0.2, 0.25) is 51.4 Å². The molecule has 3 fully saturated rings. The summed E-state index contributed by atoms with van der Waals surface area (Å²) in [5.74, 6) is 0. The highest BCUT2D eigenvalue weighted by molar-refractivity contribution is 7.16. The van der Waals surface area contributed by atoms with E-state index in [2.05, 4.69) is 425 Å². The van der Waals surface area contributed by atoms with Crippen LogP contribution in [0.15, 0.2) is 310 Å². The summed E-state index contributed by atoms with van der Waals surface area (Å²) in [6, 6.07) is 114. The van der Waals surface area contributed by atoms with Crippen molar-refractivity contribution in [2.24, 2.45) is 21.1 Å². The van der Waals surface area contributed by atoms with E-state index in [1.165, 1.54) is 223 Å². The van der Waals surface area contributed by atoms with Gasteiger partial charge in [0.1, 0.15) is 53.4 Å². The molecule has 4 aliphatic heterocycles. The smallest absolute Gasteiger partial charge is 0.200 e. The number of aromatic nitrogens is 3. The monoisotopic (exact) mass is 1690 g/mol. The molecule has 2 saturated carbocycles. The molecule has 3 spiro atoms. The molecule has 3 aromatic heterocycles. The van der Waals surface area contributed by atoms with Crippen LogP contribution in [0, 0.1) is 41.5 Å². The predicted octanol–water partition coefficient (Wildman–Crippen LogP) is 23.7. The van der Waals surface area contributed by atoms with Gasteiger partial charge < -0.3 is 0 Å². The molecule has 1 saturated heterocycles. The van der Waals surface area contributed by atoms with Gasteiger partial charge in [-0.25, -0.2) is 13.7 Å². The van der Waals surface area contributed by atoms with Gasteiger partial charge in [-0.15, -0.1) is 0 Å². The number of fused-ring (bicyclic) bond motifs is 12. The number of hydrogen-bond donors (Lipinski definition) is 0. The van der Waals surface area contributed by atoms with E-state index < -0.39 is 32.3 Å². The van der Waals surface area contributed by atoms with E-state index in [1.807, 2.05) is 0 Å². The molecule has 0 amide bonds. The van der Waals surface area contributed by atoms with Gasteiger partial charge >= 0.3 is 0 Å². The predicted molar refractivity (Wildman–Crippen MR) is 541 cm³/mol. The van der Waals surface area contributed by atoms with Crippen LogP contribution in [-0.4, -0.2) is 32.3 Å². The Morgan fingerprint density at radius 3 is 0.912 bits per heavy atom. The maximum absolute atomic E-state index is 2.68. The number of pyridine rings is 3. The first-order valence-electron chi connectivity index (χ1n) is 46.6. The van der Waals surface area contributed by atoms with E-state index in [9.17, 15) is 0 Å². The van der Waals surface area contributed by atoms with Crippen molar-refractivity contribution in [1.82, 2.24) is 0 Å². The van der Waals surface area contributed by atoms with Crippen molar-refractivity contribution in [3.8, 4) is 101 Å². The largest absolute Gasteiger partial charge is 0.212 e. The SMILES string of the molecule is Cc1cc(-c2ccc(-c3ccccc3)cc2C)[n+](C)cc1-c1ccc2c(c1)C1(CCCC1)c1ccccc1[Si]2(C)C.Cc1cc(-c2ccc(-c3ccccc3)cc2C)[n+](C)cc1-c1ccc2c(c1)C1(CCCCC1)c1ccccc1[Si]21CCCCC1.Cc1cc(-c2ccc(-c3ccccc3)cc2C)[n+](C)cc1-c1ccc2c(c1)[Si](C)(C)c1ccccc1[Si]2(C)C. The van der Waals surface area contributed by atoms with Crippen LogP contribution in [0.25, 0.3) is 101 Å². The highest BCUT2D eigenvalue weighted by Crippen LogP contribution is 2.52. The third kappa shape index (κ3) is 14.6. The maximum atomic E-state index is 2.68. The Morgan fingerprint density at radius 2 is 0.496 bits per heavy atom. The average Bonchev–Trinajstić information content (AvgIpc) is 1.65. The first-order valence-corrected chi connectivity index (χ1v) is 58.1. The van der Waals surface area contributed by atoms with Gasteiger partial charge in [0.05, 0.1) is 0 Å². The Bertz CT molecular complexity index is 6690. The van der Waals surface area contributed by atoms with Crippen LogP contribution in [0.5, 0.6) is 0 Å². The Balaban J connectivity index is 0.000000123. The summed E-state index contributed by atoms with van der Waals surface area (Å²) in [6.45, 7) is 28.8. The van der Waals surface area contributed by atoms with Gasteiger partial charge in [0.15, 0.2) is 18.6 Å². The molecule has 7 heteroatoms. The molecule has 0 N–H and O–H groups in total. The van der Waals surface area contributed by atoms with Gasteiger partial charge in [0, 0.05) is 62.4 Å². The summed E-state index contributed by atoms with van der Waals surface area (Å²) in [7, 11) is -0.438. The van der Waals surface area contributed by atoms with E-state index in [1.54, 1.807) is 63.7 Å². The van der Waals surface area contributed by atoms with E-state index >= 15 is 0 Å². The van der Waals surface area contributed by atoms with E-state index in [-0.39, 0.29) is 10.8 Å². The zero-order valence-electron chi connectivity index (χ0n) is 76.7. The molecule has 0 atom stereocenters. The fourth-order valence-corrected chi connectivity index (χ4v) is 42.8. The minimum absolute atomic E-state index is 0.179. The van der Waals surface area contributed by atoms with Gasteiger partial charge in [-0.2, -0.15) is 0 Å². The summed E-state index contributed by atoms with van der Waals surface area (Å²) in [4.78, 5) is 0. The van der Waals surface area contributed by atoms with Gasteiger partial charge in [-0.1, -0.05) is 382 Å². The highest BCUT2D eigenvalue weighted by atomic mass is 28.3. The fourth-order valence-electron chi connectivity index (χ4n) is 24.3. The van der Waals surface area contributed by atoms with Gasteiger partial charge in [-0.05, 0) is 208 Å². The molecular formula is C118H124N3Si4+3. The minimum atomic E-state index is -1.79. The van der Waals surface area contributed by atoms with E-state index in [4.69, 9.17) is 0 Å². The van der Waals surface area contributed by atoms with Crippen molar-refractivity contribution in [2.75, 3.05) is 0 Å². The Morgan fingerprint density at radius 1 is 0.216 bits per heavy atom. The van der Waals surface area contributed by atoms with E-state index in [0.717, 1.165) is 0 Å². The molecule has 624 valence electrons. The van der Waals surface area contributed by atoms with Crippen molar-refractivity contribution < 1.29 is 13.7 Å². The third-order valence-electron chi connectivity index (χ3n) is 31.0. The second-order valence-electron chi connectivity index (χ2n) is 39.7. The quantitative estimate of drug-likeness (QED) is 0.101. The third-order valence-corrected chi connectivity index (χ3v) is 47.6. The molecule has 12 aromatic carbocycles. The van der Waals surface area contributed by atoms with Crippen molar-refractivity contribution in [1.29, 1.82) is 0 Å². The van der Waals surface area contributed by atoms with Crippen LogP contribution in [-0.2, 0) is 32.0 Å². The zero-order valence-corrected chi connectivity index (χ0v) is 80.7. The molecule has 125 heavy (non-hydrogen) atoms. The van der Waals surface area contributed by atoms with Gasteiger partial charge in [-0.3, -0.25) is 0 Å². The van der Waals surface area contributed by atoms with Crippen LogP contribution in [0.1, 0.15) is 133 Å². The van der Waals surface area contributed by atoms with E-state index in [0.29, 0.717) is 0 Å². The fraction of sp³-hybridized carbons (Fsp3) is 0.263. The molecule has 2 aliphatic carbocycles. The average molecular weight is 1700 g/mol.